The molecule has 0 unspecified atom stereocenters. The van der Waals surface area contributed by atoms with E-state index in [1.54, 1.807) is 13.2 Å². The minimum absolute atomic E-state index is 0.0589. The van der Waals surface area contributed by atoms with Gasteiger partial charge in [0, 0.05) is 25.7 Å². The lowest BCUT2D eigenvalue weighted by Gasteiger charge is -2.23. The van der Waals surface area contributed by atoms with Crippen molar-refractivity contribution in [2.75, 3.05) is 13.7 Å². The number of halogens is 2. The molecule has 4 nitrogen and oxygen atoms in total. The Morgan fingerprint density at radius 2 is 2.12 bits per heavy atom. The highest BCUT2D eigenvalue weighted by molar-refractivity contribution is 9.10. The molecule has 0 fully saturated rings. The van der Waals surface area contributed by atoms with Gasteiger partial charge in [0.1, 0.15) is 17.6 Å². The summed E-state index contributed by atoms with van der Waals surface area (Å²) in [5, 5.41) is 0. The van der Waals surface area contributed by atoms with E-state index in [9.17, 15) is 4.39 Å². The Morgan fingerprint density at radius 1 is 1.38 bits per heavy atom. The molecule has 0 saturated heterocycles. The molecule has 2 heterocycles. The van der Waals surface area contributed by atoms with Crippen molar-refractivity contribution in [3.05, 3.63) is 52.0 Å². The Bertz CT molecular complexity index is 709. The van der Waals surface area contributed by atoms with E-state index in [0.717, 1.165) is 25.3 Å². The molecule has 0 aliphatic carbocycles. The van der Waals surface area contributed by atoms with Crippen LogP contribution in [-0.4, -0.2) is 29.6 Å². The van der Waals surface area contributed by atoms with Gasteiger partial charge >= 0.3 is 0 Å². The lowest BCUT2D eigenvalue weighted by molar-refractivity contribution is 0.139. The molecular weight excluding hydrogens is 375 g/mol. The molecule has 24 heavy (non-hydrogen) atoms. The average Bonchev–Trinajstić information content (AvgIpc) is 2.75. The van der Waals surface area contributed by atoms with Gasteiger partial charge in [0.2, 0.25) is 5.95 Å². The Hall–Kier alpha value is -1.66. The maximum absolute atomic E-state index is 13.8. The lowest BCUT2D eigenvalue weighted by atomic mass is 10.2. The highest BCUT2D eigenvalue weighted by atomic mass is 79.9. The normalized spacial score (nSPS) is 17.8. The SMILES string of the molecule is CC[C@@H]1CN(Cc2ccc(OC)cc2)Cc2nc(F)c(Br)cc2O1. The van der Waals surface area contributed by atoms with Gasteiger partial charge in [-0.05, 0) is 40.0 Å². The van der Waals surface area contributed by atoms with Crippen LogP contribution in [-0.2, 0) is 13.1 Å². The van der Waals surface area contributed by atoms with Crippen molar-refractivity contribution >= 4 is 15.9 Å². The third-order valence-electron chi connectivity index (χ3n) is 4.12. The van der Waals surface area contributed by atoms with E-state index < -0.39 is 5.95 Å². The summed E-state index contributed by atoms with van der Waals surface area (Å²) in [6.45, 7) is 4.18. The minimum atomic E-state index is -0.503. The Kier molecular flexibility index (Phi) is 5.36. The molecule has 128 valence electrons. The van der Waals surface area contributed by atoms with Crippen LogP contribution in [0.25, 0.3) is 0 Å². The molecule has 1 aromatic carbocycles. The largest absolute Gasteiger partial charge is 0.497 e. The van der Waals surface area contributed by atoms with Crippen LogP contribution in [0.15, 0.2) is 34.8 Å². The second-order valence-corrected chi connectivity index (χ2v) is 6.73. The first-order valence-electron chi connectivity index (χ1n) is 7.96. The van der Waals surface area contributed by atoms with Gasteiger partial charge in [0.25, 0.3) is 0 Å². The number of rotatable bonds is 4. The number of aromatic nitrogens is 1. The van der Waals surface area contributed by atoms with Gasteiger partial charge in [-0.25, -0.2) is 4.98 Å². The zero-order chi connectivity index (χ0) is 17.1. The summed E-state index contributed by atoms with van der Waals surface area (Å²) in [7, 11) is 1.66. The molecule has 1 aromatic heterocycles. The quantitative estimate of drug-likeness (QED) is 0.729. The van der Waals surface area contributed by atoms with Crippen LogP contribution < -0.4 is 9.47 Å². The number of nitrogens with zero attached hydrogens (tertiary/aromatic N) is 2. The van der Waals surface area contributed by atoms with Gasteiger partial charge in [-0.1, -0.05) is 19.1 Å². The van der Waals surface area contributed by atoms with E-state index in [0.29, 0.717) is 22.5 Å². The Balaban J connectivity index is 1.83. The summed E-state index contributed by atoms with van der Waals surface area (Å²) in [5.74, 6) is 0.993. The number of methoxy groups -OCH3 is 1. The molecule has 0 N–H and O–H groups in total. The molecule has 0 saturated carbocycles. The van der Waals surface area contributed by atoms with Gasteiger partial charge in [-0.2, -0.15) is 4.39 Å². The first kappa shape index (κ1) is 17.2. The van der Waals surface area contributed by atoms with Crippen LogP contribution in [0.4, 0.5) is 4.39 Å². The maximum Gasteiger partial charge on any atom is 0.227 e. The number of fused-ring (bicyclic) bond motifs is 1. The zero-order valence-electron chi connectivity index (χ0n) is 13.8. The van der Waals surface area contributed by atoms with Gasteiger partial charge in [-0.15, -0.1) is 0 Å². The number of pyridine rings is 1. The van der Waals surface area contributed by atoms with E-state index in [2.05, 4.69) is 32.7 Å². The highest BCUT2D eigenvalue weighted by Crippen LogP contribution is 2.29. The molecule has 1 aliphatic heterocycles. The molecule has 1 aliphatic rings. The fraction of sp³-hybridized carbons (Fsp3) is 0.389. The van der Waals surface area contributed by atoms with Crippen molar-refractivity contribution in [2.45, 2.75) is 32.5 Å². The summed E-state index contributed by atoms with van der Waals surface area (Å²) in [5.41, 5.74) is 1.81. The average molecular weight is 395 g/mol. The number of ether oxygens (including phenoxy) is 2. The second kappa shape index (κ2) is 7.49. The summed E-state index contributed by atoms with van der Waals surface area (Å²) >= 11 is 3.18. The fourth-order valence-electron chi connectivity index (χ4n) is 2.80. The predicted molar refractivity (Wildman–Crippen MR) is 93.7 cm³/mol. The van der Waals surface area contributed by atoms with Gasteiger partial charge in [-0.3, -0.25) is 4.90 Å². The van der Waals surface area contributed by atoms with Crippen molar-refractivity contribution in [1.29, 1.82) is 0 Å². The Morgan fingerprint density at radius 3 is 2.79 bits per heavy atom. The van der Waals surface area contributed by atoms with Crippen LogP contribution in [0.5, 0.6) is 11.5 Å². The summed E-state index contributed by atoms with van der Waals surface area (Å²) in [6.07, 6.45) is 0.941. The molecule has 2 aromatic rings. The first-order chi connectivity index (χ1) is 11.6. The molecule has 1 atom stereocenters. The predicted octanol–water partition coefficient (Wildman–Crippen LogP) is 4.17. The number of benzene rings is 1. The maximum atomic E-state index is 13.8. The van der Waals surface area contributed by atoms with E-state index >= 15 is 0 Å². The van der Waals surface area contributed by atoms with Crippen molar-refractivity contribution < 1.29 is 13.9 Å². The van der Waals surface area contributed by atoms with Gasteiger partial charge in [0.15, 0.2) is 0 Å². The molecule has 0 radical (unpaired) electrons. The van der Waals surface area contributed by atoms with Crippen LogP contribution in [0.2, 0.25) is 0 Å². The topological polar surface area (TPSA) is 34.6 Å². The Labute approximate surface area is 149 Å². The second-order valence-electron chi connectivity index (χ2n) is 5.87. The molecule has 0 spiro atoms. The van der Waals surface area contributed by atoms with Crippen molar-refractivity contribution in [1.82, 2.24) is 9.88 Å². The van der Waals surface area contributed by atoms with E-state index in [1.807, 2.05) is 24.3 Å². The van der Waals surface area contributed by atoms with Crippen LogP contribution in [0.1, 0.15) is 24.6 Å². The fourth-order valence-corrected chi connectivity index (χ4v) is 3.10. The standard InChI is InChI=1S/C18H20BrFN2O2/c1-3-13-10-22(9-12-4-6-14(23-2)7-5-12)11-16-17(24-13)8-15(19)18(20)21-16/h4-8,13H,3,9-11H2,1-2H3/t13-/m1/s1. The molecular formula is C18H20BrFN2O2. The van der Waals surface area contributed by atoms with Crippen LogP contribution in [0.3, 0.4) is 0 Å². The lowest BCUT2D eigenvalue weighted by Crippen LogP contribution is -2.32. The monoisotopic (exact) mass is 394 g/mol. The minimum Gasteiger partial charge on any atom is -0.497 e. The van der Waals surface area contributed by atoms with E-state index in [4.69, 9.17) is 9.47 Å². The molecule has 0 amide bonds. The number of hydrogen-bond donors (Lipinski definition) is 0. The molecule has 0 bridgehead atoms. The summed E-state index contributed by atoms with van der Waals surface area (Å²) < 4.78 is 25.4. The number of hydrogen-bond acceptors (Lipinski definition) is 4. The smallest absolute Gasteiger partial charge is 0.227 e. The zero-order valence-corrected chi connectivity index (χ0v) is 15.3. The third-order valence-corrected chi connectivity index (χ3v) is 4.68. The van der Waals surface area contributed by atoms with Crippen molar-refractivity contribution in [3.63, 3.8) is 0 Å². The van der Waals surface area contributed by atoms with Gasteiger partial charge < -0.3 is 9.47 Å². The third kappa shape index (κ3) is 3.87. The van der Waals surface area contributed by atoms with Crippen LogP contribution in [0, 0.1) is 5.95 Å². The van der Waals surface area contributed by atoms with Crippen molar-refractivity contribution in [3.8, 4) is 11.5 Å². The highest BCUT2D eigenvalue weighted by Gasteiger charge is 2.24. The van der Waals surface area contributed by atoms with Crippen LogP contribution >= 0.6 is 15.9 Å². The molecule has 3 rings (SSSR count). The summed E-state index contributed by atoms with van der Waals surface area (Å²) in [4.78, 5) is 6.30. The van der Waals surface area contributed by atoms with Gasteiger partial charge in [0.05, 0.1) is 17.3 Å². The van der Waals surface area contributed by atoms with E-state index in [1.165, 1.54) is 5.56 Å². The van der Waals surface area contributed by atoms with E-state index in [-0.39, 0.29) is 6.10 Å². The summed E-state index contributed by atoms with van der Waals surface area (Å²) in [6, 6.07) is 9.66. The van der Waals surface area contributed by atoms with Crippen molar-refractivity contribution in [2.24, 2.45) is 0 Å². The molecule has 6 heteroatoms. The first-order valence-corrected chi connectivity index (χ1v) is 8.75.